The van der Waals surface area contributed by atoms with Crippen LogP contribution in [-0.4, -0.2) is 43.5 Å². The van der Waals surface area contributed by atoms with Crippen molar-refractivity contribution in [3.05, 3.63) is 24.3 Å². The van der Waals surface area contributed by atoms with Crippen molar-refractivity contribution in [2.24, 2.45) is 10.9 Å². The molecule has 0 saturated carbocycles. The van der Waals surface area contributed by atoms with E-state index in [-0.39, 0.29) is 12.4 Å². The van der Waals surface area contributed by atoms with Gasteiger partial charge in [0.15, 0.2) is 5.84 Å². The van der Waals surface area contributed by atoms with Gasteiger partial charge in [0.05, 0.1) is 5.69 Å². The summed E-state index contributed by atoms with van der Waals surface area (Å²) in [5, 5.41) is 11.2. The molecule has 118 valence electrons. The van der Waals surface area contributed by atoms with Crippen molar-refractivity contribution < 1.29 is 18.4 Å². The quantitative estimate of drug-likeness (QED) is 0.284. The molecule has 0 bridgehead atoms. The van der Waals surface area contributed by atoms with Crippen molar-refractivity contribution in [3.8, 4) is 5.75 Å². The maximum Gasteiger partial charge on any atom is 0.301 e. The van der Waals surface area contributed by atoms with Gasteiger partial charge in [0, 0.05) is 13.1 Å². The van der Waals surface area contributed by atoms with Gasteiger partial charge in [-0.25, -0.2) is 0 Å². The molecular formula is C12H20N4O4S. The second-order valence-corrected chi connectivity index (χ2v) is 5.77. The minimum atomic E-state index is -3.55. The van der Waals surface area contributed by atoms with Crippen molar-refractivity contribution in [1.82, 2.24) is 4.31 Å². The molecule has 0 fully saturated rings. The van der Waals surface area contributed by atoms with Crippen LogP contribution in [0.5, 0.6) is 5.75 Å². The lowest BCUT2D eigenvalue weighted by molar-refractivity contribution is 0.306. The molecule has 0 atom stereocenters. The molecule has 21 heavy (non-hydrogen) atoms. The normalized spacial score (nSPS) is 12.4. The summed E-state index contributed by atoms with van der Waals surface area (Å²) in [6.45, 7) is 4.28. The highest BCUT2D eigenvalue weighted by atomic mass is 32.2. The van der Waals surface area contributed by atoms with Gasteiger partial charge in [-0.05, 0) is 24.3 Å². The Morgan fingerprint density at radius 3 is 2.38 bits per heavy atom. The molecular weight excluding hydrogens is 296 g/mol. The van der Waals surface area contributed by atoms with Gasteiger partial charge in [-0.1, -0.05) is 19.0 Å². The molecule has 0 aliphatic rings. The molecule has 8 nitrogen and oxygen atoms in total. The highest BCUT2D eigenvalue weighted by Gasteiger charge is 2.18. The zero-order valence-corrected chi connectivity index (χ0v) is 12.8. The van der Waals surface area contributed by atoms with Crippen LogP contribution in [0.25, 0.3) is 0 Å². The standard InChI is InChI=1S/C12H20N4O4S/c1-3-16(4-2)21(18,19)15-10-5-7-11(8-6-10)20-9-12(13)14-17/h5-8,15,17H,3-4,9H2,1-2H3,(H2,13,14). The maximum atomic E-state index is 12.0. The zero-order valence-electron chi connectivity index (χ0n) is 12.0. The van der Waals surface area contributed by atoms with E-state index in [1.165, 1.54) is 4.31 Å². The molecule has 0 unspecified atom stereocenters. The summed E-state index contributed by atoms with van der Waals surface area (Å²) in [5.74, 6) is 0.425. The first-order valence-corrected chi connectivity index (χ1v) is 7.84. The first-order valence-electron chi connectivity index (χ1n) is 6.40. The molecule has 9 heteroatoms. The van der Waals surface area contributed by atoms with E-state index in [0.29, 0.717) is 24.5 Å². The van der Waals surface area contributed by atoms with Crippen LogP contribution in [0, 0.1) is 0 Å². The molecule has 0 heterocycles. The van der Waals surface area contributed by atoms with Crippen LogP contribution >= 0.6 is 0 Å². The van der Waals surface area contributed by atoms with E-state index in [9.17, 15) is 8.42 Å². The van der Waals surface area contributed by atoms with Crippen molar-refractivity contribution in [3.63, 3.8) is 0 Å². The summed E-state index contributed by atoms with van der Waals surface area (Å²) in [7, 11) is -3.55. The fourth-order valence-corrected chi connectivity index (χ4v) is 2.83. The van der Waals surface area contributed by atoms with Crippen molar-refractivity contribution in [1.29, 1.82) is 0 Å². The predicted octanol–water partition coefficient (Wildman–Crippen LogP) is 0.810. The van der Waals surface area contributed by atoms with Gasteiger partial charge in [0.25, 0.3) is 0 Å². The minimum absolute atomic E-state index is 0.0543. The van der Waals surface area contributed by atoms with E-state index in [4.69, 9.17) is 15.7 Å². The summed E-state index contributed by atoms with van der Waals surface area (Å²) >= 11 is 0. The lowest BCUT2D eigenvalue weighted by Crippen LogP contribution is -2.35. The lowest BCUT2D eigenvalue weighted by atomic mass is 10.3. The molecule has 0 amide bonds. The number of oxime groups is 1. The number of ether oxygens (including phenoxy) is 1. The van der Waals surface area contributed by atoms with Crippen LogP contribution in [0.1, 0.15) is 13.8 Å². The average molecular weight is 316 g/mol. The first kappa shape index (κ1) is 17.1. The van der Waals surface area contributed by atoms with Crippen LogP contribution in [-0.2, 0) is 10.2 Å². The van der Waals surface area contributed by atoms with Gasteiger partial charge in [-0.2, -0.15) is 12.7 Å². The van der Waals surface area contributed by atoms with E-state index in [1.807, 2.05) is 0 Å². The Balaban J connectivity index is 2.70. The Bertz CT molecular complexity index is 567. The number of nitrogens with two attached hydrogens (primary N) is 1. The number of rotatable bonds is 8. The largest absolute Gasteiger partial charge is 0.486 e. The van der Waals surface area contributed by atoms with E-state index in [2.05, 4.69) is 9.88 Å². The monoisotopic (exact) mass is 316 g/mol. The fraction of sp³-hybridized carbons (Fsp3) is 0.417. The van der Waals surface area contributed by atoms with Gasteiger partial charge >= 0.3 is 10.2 Å². The smallest absolute Gasteiger partial charge is 0.301 e. The molecule has 0 saturated heterocycles. The Morgan fingerprint density at radius 1 is 1.33 bits per heavy atom. The van der Waals surface area contributed by atoms with E-state index in [0.717, 1.165) is 0 Å². The summed E-state index contributed by atoms with van der Waals surface area (Å²) in [5.41, 5.74) is 5.70. The summed E-state index contributed by atoms with van der Waals surface area (Å²) in [6.07, 6.45) is 0. The van der Waals surface area contributed by atoms with Crippen molar-refractivity contribution in [2.45, 2.75) is 13.8 Å². The molecule has 0 spiro atoms. The maximum absolute atomic E-state index is 12.0. The van der Waals surface area contributed by atoms with Crippen LogP contribution in [0.2, 0.25) is 0 Å². The lowest BCUT2D eigenvalue weighted by Gasteiger charge is -2.19. The number of hydrogen-bond acceptors (Lipinski definition) is 5. The topological polar surface area (TPSA) is 117 Å². The molecule has 0 aromatic heterocycles. The van der Waals surface area contributed by atoms with Gasteiger partial charge < -0.3 is 15.7 Å². The van der Waals surface area contributed by atoms with Crippen LogP contribution in [0.4, 0.5) is 5.69 Å². The number of amidine groups is 1. The number of hydrogen-bond donors (Lipinski definition) is 3. The molecule has 1 aromatic carbocycles. The molecule has 1 rings (SSSR count). The number of benzene rings is 1. The summed E-state index contributed by atoms with van der Waals surface area (Å²) in [4.78, 5) is 0. The van der Waals surface area contributed by atoms with E-state index >= 15 is 0 Å². The van der Waals surface area contributed by atoms with Gasteiger partial charge in [0.1, 0.15) is 12.4 Å². The van der Waals surface area contributed by atoms with Gasteiger partial charge in [0.2, 0.25) is 0 Å². The van der Waals surface area contributed by atoms with Gasteiger partial charge in [-0.3, -0.25) is 4.72 Å². The number of nitrogens with zero attached hydrogens (tertiary/aromatic N) is 2. The van der Waals surface area contributed by atoms with Crippen LogP contribution in [0.15, 0.2) is 29.4 Å². The zero-order chi connectivity index (χ0) is 15.9. The highest BCUT2D eigenvalue weighted by molar-refractivity contribution is 7.90. The third kappa shape index (κ3) is 5.12. The SMILES string of the molecule is CCN(CC)S(=O)(=O)Nc1ccc(OC/C(N)=N/O)cc1. The third-order valence-corrected chi connectivity index (χ3v) is 4.35. The number of nitrogens with one attached hydrogen (secondary N) is 1. The minimum Gasteiger partial charge on any atom is -0.486 e. The second-order valence-electron chi connectivity index (χ2n) is 4.10. The Hall–Kier alpha value is -2.00. The summed E-state index contributed by atoms with van der Waals surface area (Å²) in [6, 6.07) is 6.32. The van der Waals surface area contributed by atoms with E-state index < -0.39 is 10.2 Å². The summed E-state index contributed by atoms with van der Waals surface area (Å²) < 4.78 is 33.1. The van der Waals surface area contributed by atoms with E-state index in [1.54, 1.807) is 38.1 Å². The average Bonchev–Trinajstić information content (AvgIpc) is 2.46. The molecule has 1 aromatic rings. The Morgan fingerprint density at radius 2 is 1.90 bits per heavy atom. The Labute approximate surface area is 124 Å². The first-order chi connectivity index (χ1) is 9.92. The van der Waals surface area contributed by atoms with Crippen molar-refractivity contribution in [2.75, 3.05) is 24.4 Å². The number of anilines is 1. The fourth-order valence-electron chi connectivity index (χ4n) is 1.58. The molecule has 0 aliphatic carbocycles. The second kappa shape index (κ2) is 7.70. The van der Waals surface area contributed by atoms with Crippen LogP contribution in [0.3, 0.4) is 0 Å². The third-order valence-electron chi connectivity index (χ3n) is 2.66. The molecule has 0 radical (unpaired) electrons. The van der Waals surface area contributed by atoms with Crippen LogP contribution < -0.4 is 15.2 Å². The highest BCUT2D eigenvalue weighted by Crippen LogP contribution is 2.17. The Kier molecular flexibility index (Phi) is 6.25. The van der Waals surface area contributed by atoms with Gasteiger partial charge in [-0.15, -0.1) is 0 Å². The molecule has 0 aliphatic heterocycles. The predicted molar refractivity (Wildman–Crippen MR) is 80.8 cm³/mol. The van der Waals surface area contributed by atoms with Crippen molar-refractivity contribution >= 4 is 21.7 Å². The molecule has 4 N–H and O–H groups in total.